The second-order valence-corrected chi connectivity index (χ2v) is 5.38. The first kappa shape index (κ1) is 11.2. The normalized spacial score (nSPS) is 20.6. The summed E-state index contributed by atoms with van der Waals surface area (Å²) in [5.41, 5.74) is 6.90. The van der Waals surface area contributed by atoms with Gasteiger partial charge in [-0.2, -0.15) is 0 Å². The van der Waals surface area contributed by atoms with E-state index in [1.165, 1.54) is 12.8 Å². The Morgan fingerprint density at radius 1 is 1.38 bits per heavy atom. The van der Waals surface area contributed by atoms with Crippen LogP contribution in [0.2, 0.25) is 0 Å². The Hall–Kier alpha value is -1.25. The number of nitrogen functional groups attached to an aromatic ring is 1. The topological polar surface area (TPSA) is 48.1 Å². The zero-order valence-corrected chi connectivity index (χ0v) is 10.1. The van der Waals surface area contributed by atoms with Gasteiger partial charge in [0.1, 0.15) is 6.10 Å². The number of ether oxygens (including phenoxy) is 1. The Bertz CT molecular complexity index is 353. The number of pyridine rings is 1. The molecule has 1 fully saturated rings. The van der Waals surface area contributed by atoms with E-state index in [9.17, 15) is 0 Å². The highest BCUT2D eigenvalue weighted by Gasteiger charge is 2.28. The summed E-state index contributed by atoms with van der Waals surface area (Å²) in [6.45, 7) is 4.64. The fourth-order valence-electron chi connectivity index (χ4n) is 2.15. The number of aromatic nitrogens is 1. The third kappa shape index (κ3) is 2.65. The summed E-state index contributed by atoms with van der Waals surface area (Å²) < 4.78 is 5.84. The number of hydrogen-bond acceptors (Lipinski definition) is 3. The van der Waals surface area contributed by atoms with Crippen molar-refractivity contribution in [3.63, 3.8) is 0 Å². The van der Waals surface area contributed by atoms with Crippen molar-refractivity contribution >= 4 is 5.69 Å². The van der Waals surface area contributed by atoms with Crippen molar-refractivity contribution < 1.29 is 4.74 Å². The molecule has 0 spiro atoms. The molecule has 0 aliphatic heterocycles. The highest BCUT2D eigenvalue weighted by Crippen LogP contribution is 2.36. The van der Waals surface area contributed by atoms with Gasteiger partial charge < -0.3 is 10.5 Å². The summed E-state index contributed by atoms with van der Waals surface area (Å²) >= 11 is 0. The van der Waals surface area contributed by atoms with Gasteiger partial charge in [-0.3, -0.25) is 0 Å². The van der Waals surface area contributed by atoms with Crippen LogP contribution in [0.25, 0.3) is 0 Å². The van der Waals surface area contributed by atoms with E-state index in [1.807, 2.05) is 12.1 Å². The summed E-state index contributed by atoms with van der Waals surface area (Å²) in [6, 6.07) is 3.65. The van der Waals surface area contributed by atoms with Crippen LogP contribution in [0, 0.1) is 5.41 Å². The van der Waals surface area contributed by atoms with Crippen molar-refractivity contribution in [3.05, 3.63) is 18.3 Å². The highest BCUT2D eigenvalue weighted by molar-refractivity contribution is 5.46. The predicted octanol–water partition coefficient (Wildman–Crippen LogP) is 3.01. The third-order valence-electron chi connectivity index (χ3n) is 3.37. The van der Waals surface area contributed by atoms with E-state index in [1.54, 1.807) is 6.20 Å². The first-order valence-electron chi connectivity index (χ1n) is 5.94. The van der Waals surface area contributed by atoms with Crippen molar-refractivity contribution in [2.24, 2.45) is 5.41 Å². The molecule has 2 N–H and O–H groups in total. The van der Waals surface area contributed by atoms with Crippen molar-refractivity contribution in [1.29, 1.82) is 0 Å². The summed E-state index contributed by atoms with van der Waals surface area (Å²) in [5.74, 6) is 0.590. The molecule has 3 nitrogen and oxygen atoms in total. The van der Waals surface area contributed by atoms with E-state index < -0.39 is 0 Å². The second-order valence-electron chi connectivity index (χ2n) is 5.38. The van der Waals surface area contributed by atoms with Gasteiger partial charge in [0.05, 0.1) is 5.69 Å². The predicted molar refractivity (Wildman–Crippen MR) is 65.3 cm³/mol. The lowest BCUT2D eigenvalue weighted by molar-refractivity contribution is 0.0956. The van der Waals surface area contributed by atoms with Crippen LogP contribution < -0.4 is 10.5 Å². The summed E-state index contributed by atoms with van der Waals surface area (Å²) in [6.07, 6.45) is 6.63. The van der Waals surface area contributed by atoms with Crippen LogP contribution in [0.5, 0.6) is 5.88 Å². The maximum atomic E-state index is 5.84. The molecular formula is C13H20N2O. The summed E-state index contributed by atoms with van der Waals surface area (Å²) in [7, 11) is 0. The molecule has 0 aromatic carbocycles. The molecule has 0 atom stereocenters. The van der Waals surface area contributed by atoms with Crippen LogP contribution in [0.4, 0.5) is 5.69 Å². The van der Waals surface area contributed by atoms with Crippen LogP contribution in [0.3, 0.4) is 0 Å². The molecule has 1 aliphatic rings. The molecule has 0 bridgehead atoms. The average Bonchev–Trinajstić information content (AvgIpc) is 2.24. The van der Waals surface area contributed by atoms with E-state index >= 15 is 0 Å². The van der Waals surface area contributed by atoms with Crippen molar-refractivity contribution in [1.82, 2.24) is 4.98 Å². The Labute approximate surface area is 97.0 Å². The summed E-state index contributed by atoms with van der Waals surface area (Å²) in [4.78, 5) is 4.16. The monoisotopic (exact) mass is 220 g/mol. The fraction of sp³-hybridized carbons (Fsp3) is 0.615. The number of nitrogens with zero attached hydrogens (tertiary/aromatic N) is 1. The van der Waals surface area contributed by atoms with E-state index in [0.717, 1.165) is 12.8 Å². The Morgan fingerprint density at radius 3 is 2.69 bits per heavy atom. The van der Waals surface area contributed by atoms with Crippen molar-refractivity contribution in [3.8, 4) is 5.88 Å². The van der Waals surface area contributed by atoms with E-state index in [4.69, 9.17) is 10.5 Å². The zero-order valence-electron chi connectivity index (χ0n) is 10.1. The van der Waals surface area contributed by atoms with Gasteiger partial charge in [0.15, 0.2) is 0 Å². The lowest BCUT2D eigenvalue weighted by Gasteiger charge is -2.34. The molecule has 3 heteroatoms. The Morgan fingerprint density at radius 2 is 2.06 bits per heavy atom. The van der Waals surface area contributed by atoms with Gasteiger partial charge in [0, 0.05) is 6.20 Å². The molecule has 0 amide bonds. The highest BCUT2D eigenvalue weighted by atomic mass is 16.5. The average molecular weight is 220 g/mol. The van der Waals surface area contributed by atoms with Crippen LogP contribution in [-0.4, -0.2) is 11.1 Å². The van der Waals surface area contributed by atoms with Crippen molar-refractivity contribution in [2.75, 3.05) is 5.73 Å². The number of anilines is 1. The van der Waals surface area contributed by atoms with Crippen LogP contribution in [-0.2, 0) is 0 Å². The Balaban J connectivity index is 1.95. The standard InChI is InChI=1S/C13H20N2O/c1-13(2)7-5-10(6-8-13)16-12-11(14)4-3-9-15-12/h3-4,9-10H,5-8,14H2,1-2H3. The van der Waals surface area contributed by atoms with E-state index in [0.29, 0.717) is 17.0 Å². The first-order valence-corrected chi connectivity index (χ1v) is 5.94. The quantitative estimate of drug-likeness (QED) is 0.833. The molecule has 2 rings (SSSR count). The lowest BCUT2D eigenvalue weighted by Crippen LogP contribution is -2.28. The minimum absolute atomic E-state index is 0.283. The molecular weight excluding hydrogens is 200 g/mol. The van der Waals surface area contributed by atoms with Crippen LogP contribution >= 0.6 is 0 Å². The van der Waals surface area contributed by atoms with Gasteiger partial charge in [0.25, 0.3) is 0 Å². The Kier molecular flexibility index (Phi) is 3.03. The molecule has 1 aromatic heterocycles. The molecule has 0 saturated heterocycles. The molecule has 0 unspecified atom stereocenters. The number of hydrogen-bond donors (Lipinski definition) is 1. The van der Waals surface area contributed by atoms with Gasteiger partial charge in [-0.25, -0.2) is 4.98 Å². The van der Waals surface area contributed by atoms with Crippen molar-refractivity contribution in [2.45, 2.75) is 45.6 Å². The SMILES string of the molecule is CC1(C)CCC(Oc2ncccc2N)CC1. The lowest BCUT2D eigenvalue weighted by atomic mass is 9.76. The maximum Gasteiger partial charge on any atom is 0.237 e. The van der Waals surface area contributed by atoms with Gasteiger partial charge in [-0.15, -0.1) is 0 Å². The minimum atomic E-state index is 0.283. The second kappa shape index (κ2) is 4.32. The smallest absolute Gasteiger partial charge is 0.237 e. The van der Waals surface area contributed by atoms with E-state index in [2.05, 4.69) is 18.8 Å². The number of nitrogens with two attached hydrogens (primary N) is 1. The molecule has 88 valence electrons. The number of rotatable bonds is 2. The third-order valence-corrected chi connectivity index (χ3v) is 3.37. The molecule has 0 radical (unpaired) electrons. The largest absolute Gasteiger partial charge is 0.473 e. The minimum Gasteiger partial charge on any atom is -0.473 e. The fourth-order valence-corrected chi connectivity index (χ4v) is 2.15. The summed E-state index contributed by atoms with van der Waals surface area (Å²) in [5, 5.41) is 0. The van der Waals surface area contributed by atoms with Crippen LogP contribution in [0.1, 0.15) is 39.5 Å². The van der Waals surface area contributed by atoms with Crippen LogP contribution in [0.15, 0.2) is 18.3 Å². The van der Waals surface area contributed by atoms with Gasteiger partial charge >= 0.3 is 0 Å². The van der Waals surface area contributed by atoms with E-state index in [-0.39, 0.29) is 6.10 Å². The first-order chi connectivity index (χ1) is 7.57. The molecule has 1 aliphatic carbocycles. The molecule has 1 heterocycles. The van der Waals surface area contributed by atoms with Gasteiger partial charge in [0.2, 0.25) is 5.88 Å². The van der Waals surface area contributed by atoms with Gasteiger partial charge in [-0.05, 0) is 43.2 Å². The molecule has 1 saturated carbocycles. The van der Waals surface area contributed by atoms with Gasteiger partial charge in [-0.1, -0.05) is 13.8 Å². The molecule has 1 aromatic rings. The molecule has 16 heavy (non-hydrogen) atoms. The zero-order chi connectivity index (χ0) is 11.6. The maximum absolute atomic E-state index is 5.84.